The van der Waals surface area contributed by atoms with Crippen LogP contribution in [0.5, 0.6) is 5.75 Å². The van der Waals surface area contributed by atoms with Crippen LogP contribution < -0.4 is 4.74 Å². The maximum atomic E-state index is 11.6. The summed E-state index contributed by atoms with van der Waals surface area (Å²) in [7, 11) is 1.63. The van der Waals surface area contributed by atoms with Crippen molar-refractivity contribution in [3.8, 4) is 17.1 Å². The van der Waals surface area contributed by atoms with E-state index < -0.39 is 5.97 Å². The molecule has 2 heterocycles. The third-order valence-electron chi connectivity index (χ3n) is 5.01. The highest BCUT2D eigenvalue weighted by molar-refractivity contribution is 7.09. The molecule has 6 nitrogen and oxygen atoms in total. The molecule has 0 unspecified atom stereocenters. The third kappa shape index (κ3) is 4.91. The average molecular weight is 429 g/mol. The number of thiazole rings is 1. The van der Waals surface area contributed by atoms with Crippen molar-refractivity contribution in [1.82, 2.24) is 9.55 Å². The van der Waals surface area contributed by atoms with Gasteiger partial charge in [-0.3, -0.25) is 0 Å². The molecule has 0 amide bonds. The lowest BCUT2D eigenvalue weighted by Gasteiger charge is -2.19. The number of hydrogen-bond acceptors (Lipinski definition) is 5. The number of methoxy groups -OCH3 is 1. The number of carbonyl (C=O) groups is 1. The van der Waals surface area contributed by atoms with Crippen LogP contribution >= 0.6 is 11.3 Å². The van der Waals surface area contributed by atoms with Gasteiger partial charge in [-0.15, -0.1) is 11.3 Å². The topological polar surface area (TPSA) is 73.6 Å². The highest BCUT2D eigenvalue weighted by Crippen LogP contribution is 2.29. The predicted molar refractivity (Wildman–Crippen MR) is 119 cm³/mol. The summed E-state index contributed by atoms with van der Waals surface area (Å²) in [5.41, 5.74) is 3.86. The smallest absolute Gasteiger partial charge is 0.337 e. The van der Waals surface area contributed by atoms with E-state index in [0.29, 0.717) is 25.5 Å². The predicted octanol–water partition coefficient (Wildman–Crippen LogP) is 5.14. The molecule has 7 heteroatoms. The van der Waals surface area contributed by atoms with Gasteiger partial charge in [-0.25, -0.2) is 9.78 Å². The van der Waals surface area contributed by atoms with E-state index in [1.165, 1.54) is 16.9 Å². The van der Waals surface area contributed by atoms with Crippen molar-refractivity contribution >= 4 is 17.3 Å². The molecule has 3 rings (SSSR count). The Morgan fingerprint density at radius 3 is 2.53 bits per heavy atom. The Bertz CT molecular complexity index is 1010. The Kier molecular flexibility index (Phi) is 6.63. The molecule has 0 saturated heterocycles. The van der Waals surface area contributed by atoms with Crippen molar-refractivity contribution in [2.45, 2.75) is 46.3 Å². The highest BCUT2D eigenvalue weighted by atomic mass is 32.1. The molecule has 0 fully saturated rings. The van der Waals surface area contributed by atoms with Gasteiger partial charge in [-0.05, 0) is 36.1 Å². The highest BCUT2D eigenvalue weighted by Gasteiger charge is 2.19. The van der Waals surface area contributed by atoms with Gasteiger partial charge in [0.2, 0.25) is 0 Å². The molecule has 0 atom stereocenters. The third-order valence-corrected chi connectivity index (χ3v) is 5.84. The van der Waals surface area contributed by atoms with Gasteiger partial charge in [0.05, 0.1) is 23.6 Å². The number of aromatic carboxylic acids is 1. The summed E-state index contributed by atoms with van der Waals surface area (Å²) in [5, 5.41) is 12.2. The van der Waals surface area contributed by atoms with E-state index in [4.69, 9.17) is 9.47 Å². The van der Waals surface area contributed by atoms with Gasteiger partial charge in [0.1, 0.15) is 17.4 Å². The lowest BCUT2D eigenvalue weighted by Crippen LogP contribution is -2.10. The van der Waals surface area contributed by atoms with Crippen LogP contribution in [0, 0.1) is 6.92 Å². The van der Waals surface area contributed by atoms with E-state index in [0.717, 1.165) is 22.1 Å². The summed E-state index contributed by atoms with van der Waals surface area (Å²) in [6.07, 6.45) is 0. The van der Waals surface area contributed by atoms with Crippen LogP contribution in [-0.2, 0) is 23.3 Å². The van der Waals surface area contributed by atoms with Crippen LogP contribution in [0.1, 0.15) is 47.4 Å². The molecule has 3 aromatic rings. The summed E-state index contributed by atoms with van der Waals surface area (Å²) >= 11 is 1.50. The largest absolute Gasteiger partial charge is 0.486 e. The van der Waals surface area contributed by atoms with E-state index >= 15 is 0 Å². The molecule has 0 radical (unpaired) electrons. The fourth-order valence-electron chi connectivity index (χ4n) is 3.24. The minimum atomic E-state index is -0.942. The number of aromatic nitrogens is 2. The van der Waals surface area contributed by atoms with Crippen LogP contribution in [0.3, 0.4) is 0 Å². The number of ether oxygens (including phenoxy) is 2. The molecular formula is C23H28N2O4S. The van der Waals surface area contributed by atoms with Crippen LogP contribution in [0.2, 0.25) is 0 Å². The molecule has 30 heavy (non-hydrogen) atoms. The number of nitrogens with zero attached hydrogens (tertiary/aromatic N) is 2. The molecule has 0 aliphatic carbocycles. The van der Waals surface area contributed by atoms with Crippen molar-refractivity contribution < 1.29 is 19.4 Å². The maximum absolute atomic E-state index is 11.6. The molecular weight excluding hydrogens is 400 g/mol. The monoisotopic (exact) mass is 428 g/mol. The van der Waals surface area contributed by atoms with Crippen molar-refractivity contribution in [1.29, 1.82) is 0 Å². The van der Waals surface area contributed by atoms with Gasteiger partial charge in [0.25, 0.3) is 0 Å². The minimum Gasteiger partial charge on any atom is -0.486 e. The number of carboxylic acid groups (broad SMARTS) is 1. The zero-order chi connectivity index (χ0) is 21.9. The lowest BCUT2D eigenvalue weighted by molar-refractivity contribution is 0.0695. The first kappa shape index (κ1) is 22.1. The van der Waals surface area contributed by atoms with Crippen molar-refractivity contribution in [2.75, 3.05) is 13.7 Å². The molecule has 0 spiro atoms. The van der Waals surface area contributed by atoms with E-state index in [9.17, 15) is 9.90 Å². The summed E-state index contributed by atoms with van der Waals surface area (Å²) in [6, 6.07) is 9.81. The molecule has 0 saturated carbocycles. The van der Waals surface area contributed by atoms with Gasteiger partial charge in [0, 0.05) is 24.7 Å². The maximum Gasteiger partial charge on any atom is 0.337 e. The van der Waals surface area contributed by atoms with Crippen LogP contribution in [0.4, 0.5) is 0 Å². The lowest BCUT2D eigenvalue weighted by atomic mass is 9.87. The zero-order valence-electron chi connectivity index (χ0n) is 18.1. The number of rotatable bonds is 8. The van der Waals surface area contributed by atoms with Crippen LogP contribution in [0.25, 0.3) is 11.4 Å². The SMILES string of the molecule is COCCn1c(-c2csc(COc3ccc(C(C)(C)C)cc3)n2)cc(C(=O)O)c1C. The summed E-state index contributed by atoms with van der Waals surface area (Å²) in [5.74, 6) is -0.144. The van der Waals surface area contributed by atoms with Gasteiger partial charge >= 0.3 is 5.97 Å². The Morgan fingerprint density at radius 2 is 1.93 bits per heavy atom. The fourth-order valence-corrected chi connectivity index (χ4v) is 3.93. The van der Waals surface area contributed by atoms with E-state index in [1.54, 1.807) is 20.1 Å². The summed E-state index contributed by atoms with van der Waals surface area (Å²) < 4.78 is 13.0. The van der Waals surface area contributed by atoms with E-state index in [2.05, 4.69) is 37.9 Å². The molecule has 1 N–H and O–H groups in total. The molecule has 0 bridgehead atoms. The van der Waals surface area contributed by atoms with Gasteiger partial charge < -0.3 is 19.1 Å². The standard InChI is InChI=1S/C23H28N2O4S/c1-15-18(22(26)27)12-20(25(15)10-11-28-5)19-14-30-21(24-19)13-29-17-8-6-16(7-9-17)23(2,3)4/h6-9,12,14H,10-11,13H2,1-5H3,(H,26,27). The molecule has 2 aromatic heterocycles. The Balaban J connectivity index is 1.76. The minimum absolute atomic E-state index is 0.105. The Labute approximate surface area is 181 Å². The zero-order valence-corrected chi connectivity index (χ0v) is 18.9. The second-order valence-electron chi connectivity index (χ2n) is 8.17. The molecule has 160 valence electrons. The number of hydrogen-bond donors (Lipinski definition) is 1. The van der Waals surface area contributed by atoms with E-state index in [-0.39, 0.29) is 11.0 Å². The fraction of sp³-hybridized carbons (Fsp3) is 0.391. The normalized spacial score (nSPS) is 11.6. The number of benzene rings is 1. The van der Waals surface area contributed by atoms with Gasteiger partial charge in [-0.1, -0.05) is 32.9 Å². The van der Waals surface area contributed by atoms with Crippen molar-refractivity contribution in [2.24, 2.45) is 0 Å². The summed E-state index contributed by atoms with van der Waals surface area (Å²) in [6.45, 7) is 9.77. The quantitative estimate of drug-likeness (QED) is 0.538. The first-order chi connectivity index (χ1) is 14.2. The summed E-state index contributed by atoms with van der Waals surface area (Å²) in [4.78, 5) is 16.2. The average Bonchev–Trinajstić information content (AvgIpc) is 3.29. The second kappa shape index (κ2) is 9.02. The van der Waals surface area contributed by atoms with Gasteiger partial charge in [-0.2, -0.15) is 0 Å². The first-order valence-corrected chi connectivity index (χ1v) is 10.7. The second-order valence-corrected chi connectivity index (χ2v) is 9.11. The molecule has 0 aliphatic rings. The van der Waals surface area contributed by atoms with Crippen molar-refractivity contribution in [3.05, 3.63) is 57.5 Å². The molecule has 0 aliphatic heterocycles. The Morgan fingerprint density at radius 1 is 1.23 bits per heavy atom. The van der Waals surface area contributed by atoms with E-state index in [1.807, 2.05) is 22.1 Å². The first-order valence-electron chi connectivity index (χ1n) is 9.81. The van der Waals surface area contributed by atoms with Crippen molar-refractivity contribution in [3.63, 3.8) is 0 Å². The Hall–Kier alpha value is -2.64. The van der Waals surface area contributed by atoms with Crippen LogP contribution in [-0.4, -0.2) is 34.3 Å². The molecule has 1 aromatic carbocycles. The van der Waals surface area contributed by atoms with Crippen LogP contribution in [0.15, 0.2) is 35.7 Å². The number of carboxylic acids is 1. The van der Waals surface area contributed by atoms with Gasteiger partial charge in [0.15, 0.2) is 0 Å².